The highest BCUT2D eigenvalue weighted by molar-refractivity contribution is 7.89. The fraction of sp³-hybridized carbons (Fsp3) is 0.417. The van der Waals surface area contributed by atoms with Gasteiger partial charge in [0.25, 0.3) is 11.8 Å². The number of nitrogens with one attached hydrogen (secondary N) is 1. The minimum Gasteiger partial charge on any atom is -0.482 e. The van der Waals surface area contributed by atoms with Crippen LogP contribution in [0.2, 0.25) is 0 Å². The number of hydrogen-bond acceptors (Lipinski definition) is 5. The van der Waals surface area contributed by atoms with Gasteiger partial charge in [-0.2, -0.15) is 4.31 Å². The molecular formula is C24H31N3O5S. The van der Waals surface area contributed by atoms with Crippen molar-refractivity contribution < 1.29 is 22.7 Å². The van der Waals surface area contributed by atoms with Crippen LogP contribution in [0.4, 0.5) is 11.4 Å². The Hall–Kier alpha value is -2.91. The van der Waals surface area contributed by atoms with Crippen LogP contribution >= 0.6 is 0 Å². The normalized spacial score (nSPS) is 13.6. The Labute approximate surface area is 195 Å². The zero-order valence-corrected chi connectivity index (χ0v) is 20.2. The quantitative estimate of drug-likeness (QED) is 0.528. The largest absolute Gasteiger partial charge is 0.482 e. The van der Waals surface area contributed by atoms with Gasteiger partial charge in [-0.1, -0.05) is 33.6 Å². The molecule has 178 valence electrons. The standard InChI is InChI=1S/C24H31N3O5S/c1-4-7-8-15-27-21-16-19(11-14-22(21)32-17-23(27)28)25-24(29)18-9-12-20(13-10-18)33(30,31)26(5-2)6-3/h9-14,16H,4-8,15,17H2,1-3H3,(H,25,29). The maximum atomic E-state index is 12.8. The van der Waals surface area contributed by atoms with Crippen LogP contribution in [0.15, 0.2) is 47.4 Å². The number of anilines is 2. The number of fused-ring (bicyclic) bond motifs is 1. The first-order valence-corrected chi connectivity index (χ1v) is 12.7. The topological polar surface area (TPSA) is 96.0 Å². The second kappa shape index (κ2) is 10.8. The first kappa shape index (κ1) is 24.7. The number of carbonyl (C=O) groups excluding carboxylic acids is 2. The second-order valence-electron chi connectivity index (χ2n) is 7.79. The maximum Gasteiger partial charge on any atom is 0.265 e. The molecule has 2 aromatic rings. The minimum absolute atomic E-state index is 0.00752. The van der Waals surface area contributed by atoms with Crippen LogP contribution in [0.1, 0.15) is 50.4 Å². The molecule has 0 unspecified atom stereocenters. The van der Waals surface area contributed by atoms with Crippen molar-refractivity contribution in [2.75, 3.05) is 36.5 Å². The molecule has 0 saturated carbocycles. The average molecular weight is 474 g/mol. The van der Waals surface area contributed by atoms with E-state index >= 15 is 0 Å². The molecule has 0 saturated heterocycles. The van der Waals surface area contributed by atoms with Crippen LogP contribution in [-0.2, 0) is 14.8 Å². The van der Waals surface area contributed by atoms with Crippen LogP contribution < -0.4 is 15.0 Å². The van der Waals surface area contributed by atoms with Crippen molar-refractivity contribution in [3.8, 4) is 5.75 Å². The molecule has 1 heterocycles. The lowest BCUT2D eigenvalue weighted by molar-refractivity contribution is -0.121. The van der Waals surface area contributed by atoms with E-state index in [-0.39, 0.29) is 23.3 Å². The Kier molecular flexibility index (Phi) is 8.10. The van der Waals surface area contributed by atoms with E-state index in [1.807, 2.05) is 0 Å². The van der Waals surface area contributed by atoms with Crippen molar-refractivity contribution >= 4 is 33.2 Å². The van der Waals surface area contributed by atoms with Crippen LogP contribution in [0, 0.1) is 0 Å². The van der Waals surface area contributed by atoms with Gasteiger partial charge in [0, 0.05) is 30.9 Å². The van der Waals surface area contributed by atoms with Crippen molar-refractivity contribution in [1.82, 2.24) is 4.31 Å². The summed E-state index contributed by atoms with van der Waals surface area (Å²) in [5.74, 6) is 0.129. The second-order valence-corrected chi connectivity index (χ2v) is 9.73. The molecule has 0 atom stereocenters. The van der Waals surface area contributed by atoms with Crippen molar-refractivity contribution in [2.45, 2.75) is 44.9 Å². The Morgan fingerprint density at radius 1 is 1.06 bits per heavy atom. The van der Waals surface area contributed by atoms with Gasteiger partial charge in [-0.15, -0.1) is 0 Å². The molecule has 3 rings (SSSR count). The van der Waals surface area contributed by atoms with Gasteiger partial charge in [-0.05, 0) is 48.9 Å². The predicted octanol–water partition coefficient (Wildman–Crippen LogP) is 3.89. The molecule has 0 aromatic heterocycles. The van der Waals surface area contributed by atoms with Crippen molar-refractivity contribution in [1.29, 1.82) is 0 Å². The summed E-state index contributed by atoms with van der Waals surface area (Å²) in [7, 11) is -3.58. The molecule has 0 radical (unpaired) electrons. The number of rotatable bonds is 10. The van der Waals surface area contributed by atoms with Crippen LogP contribution in [-0.4, -0.2) is 50.8 Å². The van der Waals surface area contributed by atoms with Gasteiger partial charge in [0.05, 0.1) is 10.6 Å². The number of unbranched alkanes of at least 4 members (excludes halogenated alkanes) is 2. The molecule has 2 aromatic carbocycles. The van der Waals surface area contributed by atoms with Gasteiger partial charge in [-0.25, -0.2) is 8.42 Å². The third-order valence-corrected chi connectivity index (χ3v) is 7.67. The van der Waals surface area contributed by atoms with Gasteiger partial charge in [0.1, 0.15) is 5.75 Å². The molecule has 1 aliphatic rings. The Balaban J connectivity index is 1.76. The highest BCUT2D eigenvalue weighted by atomic mass is 32.2. The Morgan fingerprint density at radius 3 is 2.39 bits per heavy atom. The molecule has 0 spiro atoms. The number of amides is 2. The van der Waals surface area contributed by atoms with Gasteiger partial charge in [0.15, 0.2) is 6.61 Å². The van der Waals surface area contributed by atoms with Crippen LogP contribution in [0.25, 0.3) is 0 Å². The lowest BCUT2D eigenvalue weighted by Crippen LogP contribution is -2.39. The molecule has 2 amide bonds. The zero-order chi connectivity index (χ0) is 24.0. The predicted molar refractivity (Wildman–Crippen MR) is 128 cm³/mol. The van der Waals surface area contributed by atoms with Crippen LogP contribution in [0.5, 0.6) is 5.75 Å². The monoisotopic (exact) mass is 473 g/mol. The molecule has 9 heteroatoms. The third kappa shape index (κ3) is 5.54. The number of hydrogen-bond donors (Lipinski definition) is 1. The third-order valence-electron chi connectivity index (χ3n) is 5.60. The van der Waals surface area contributed by atoms with Crippen LogP contribution in [0.3, 0.4) is 0 Å². The fourth-order valence-electron chi connectivity index (χ4n) is 3.74. The first-order chi connectivity index (χ1) is 15.8. The summed E-state index contributed by atoms with van der Waals surface area (Å²) < 4.78 is 32.2. The van der Waals surface area contributed by atoms with E-state index < -0.39 is 10.0 Å². The molecule has 8 nitrogen and oxygen atoms in total. The number of sulfonamides is 1. The van der Waals surface area contributed by atoms with E-state index in [1.165, 1.54) is 28.6 Å². The molecule has 1 N–H and O–H groups in total. The van der Waals surface area contributed by atoms with Gasteiger partial charge in [0.2, 0.25) is 10.0 Å². The van der Waals surface area contributed by atoms with E-state index in [1.54, 1.807) is 36.9 Å². The van der Waals surface area contributed by atoms with Crippen molar-refractivity contribution in [3.63, 3.8) is 0 Å². The summed E-state index contributed by atoms with van der Waals surface area (Å²) in [6.45, 7) is 7.03. The lowest BCUT2D eigenvalue weighted by Gasteiger charge is -2.30. The summed E-state index contributed by atoms with van der Waals surface area (Å²) in [4.78, 5) is 27.0. The van der Waals surface area contributed by atoms with Gasteiger partial charge < -0.3 is 15.0 Å². The number of ether oxygens (including phenoxy) is 1. The van der Waals surface area contributed by atoms with Gasteiger partial charge >= 0.3 is 0 Å². The fourth-order valence-corrected chi connectivity index (χ4v) is 5.20. The van der Waals surface area contributed by atoms with Crippen molar-refractivity contribution in [3.05, 3.63) is 48.0 Å². The summed E-state index contributed by atoms with van der Waals surface area (Å²) in [5, 5.41) is 2.82. The SMILES string of the molecule is CCCCCN1C(=O)COc2ccc(NC(=O)c3ccc(S(=O)(=O)N(CC)CC)cc3)cc21. The smallest absolute Gasteiger partial charge is 0.265 e. The average Bonchev–Trinajstić information content (AvgIpc) is 2.81. The molecule has 0 aliphatic carbocycles. The highest BCUT2D eigenvalue weighted by Crippen LogP contribution is 2.35. The highest BCUT2D eigenvalue weighted by Gasteiger charge is 2.26. The minimum atomic E-state index is -3.58. The van der Waals surface area contributed by atoms with E-state index in [2.05, 4.69) is 12.2 Å². The summed E-state index contributed by atoms with van der Waals surface area (Å²) in [5.41, 5.74) is 1.50. The van der Waals surface area contributed by atoms with E-state index in [9.17, 15) is 18.0 Å². The Morgan fingerprint density at radius 2 is 1.76 bits per heavy atom. The molecular weight excluding hydrogens is 442 g/mol. The number of nitrogens with zero attached hydrogens (tertiary/aromatic N) is 2. The van der Waals surface area contributed by atoms with Gasteiger partial charge in [-0.3, -0.25) is 9.59 Å². The summed E-state index contributed by atoms with van der Waals surface area (Å²) in [6, 6.07) is 11.1. The summed E-state index contributed by atoms with van der Waals surface area (Å²) >= 11 is 0. The molecule has 0 bridgehead atoms. The van der Waals surface area contributed by atoms with Crippen molar-refractivity contribution in [2.24, 2.45) is 0 Å². The number of benzene rings is 2. The molecule has 0 fully saturated rings. The van der Waals surface area contributed by atoms with E-state index in [4.69, 9.17) is 4.74 Å². The number of carbonyl (C=O) groups is 2. The molecule has 33 heavy (non-hydrogen) atoms. The maximum absolute atomic E-state index is 12.8. The summed E-state index contributed by atoms with van der Waals surface area (Å²) in [6.07, 6.45) is 2.97. The first-order valence-electron chi connectivity index (χ1n) is 11.3. The van der Waals surface area contributed by atoms with E-state index in [0.717, 1.165) is 19.3 Å². The van der Waals surface area contributed by atoms with E-state index in [0.29, 0.717) is 42.3 Å². The molecule has 1 aliphatic heterocycles. The zero-order valence-electron chi connectivity index (χ0n) is 19.3. The Bertz CT molecular complexity index is 1100. The lowest BCUT2D eigenvalue weighted by atomic mass is 10.1.